The first-order chi connectivity index (χ1) is 17.4. The quantitative estimate of drug-likeness (QED) is 0.186. The second-order valence-corrected chi connectivity index (χ2v) is 8.57. The molecule has 1 atom stereocenters. The summed E-state index contributed by atoms with van der Waals surface area (Å²) in [7, 11) is 1.42. The van der Waals surface area contributed by atoms with Crippen molar-refractivity contribution in [2.75, 3.05) is 13.7 Å². The van der Waals surface area contributed by atoms with Crippen LogP contribution in [0.15, 0.2) is 78.4 Å². The van der Waals surface area contributed by atoms with E-state index in [1.165, 1.54) is 18.1 Å². The Morgan fingerprint density at radius 1 is 1.00 bits per heavy atom. The van der Waals surface area contributed by atoms with Gasteiger partial charge in [-0.25, -0.2) is 0 Å². The van der Waals surface area contributed by atoms with Gasteiger partial charge in [0.05, 0.1) is 25.3 Å². The number of hydrogen-bond donors (Lipinski definition) is 2. The number of benzene rings is 3. The molecule has 1 heterocycles. The lowest BCUT2D eigenvalue weighted by molar-refractivity contribution is -0.140. The van der Waals surface area contributed by atoms with E-state index in [4.69, 9.17) is 9.47 Å². The highest BCUT2D eigenvalue weighted by atomic mass is 16.5. The minimum atomic E-state index is -0.885. The number of likely N-dealkylation sites (tertiary alicyclic amines) is 1. The molecule has 3 aromatic rings. The standard InChI is InChI=1S/C29H29NO6/c1-3-4-15-36-22-12-8-11-21(16-22)27(32)25-26(20-13-14-23(31)24(17-20)35-2)30(29(34)28(25)33)18-19-9-6-5-7-10-19/h5-14,16-17,26,31-32H,3-4,15,18H2,1-2H3/b27-25+. The van der Waals surface area contributed by atoms with Crippen molar-refractivity contribution in [2.45, 2.75) is 32.4 Å². The molecule has 7 nitrogen and oxygen atoms in total. The third-order valence-corrected chi connectivity index (χ3v) is 6.13. The zero-order valence-electron chi connectivity index (χ0n) is 20.3. The van der Waals surface area contributed by atoms with Gasteiger partial charge in [-0.3, -0.25) is 9.59 Å². The van der Waals surface area contributed by atoms with E-state index in [0.717, 1.165) is 18.4 Å². The van der Waals surface area contributed by atoms with E-state index in [1.54, 1.807) is 36.4 Å². The van der Waals surface area contributed by atoms with Crippen molar-refractivity contribution in [3.8, 4) is 17.2 Å². The van der Waals surface area contributed by atoms with E-state index in [-0.39, 0.29) is 29.4 Å². The van der Waals surface area contributed by atoms with Crippen LogP contribution in [0.2, 0.25) is 0 Å². The van der Waals surface area contributed by atoms with Gasteiger partial charge in [0.1, 0.15) is 11.5 Å². The topological polar surface area (TPSA) is 96.3 Å². The molecule has 1 aliphatic heterocycles. The third-order valence-electron chi connectivity index (χ3n) is 6.13. The maximum absolute atomic E-state index is 13.3. The Labute approximate surface area is 210 Å². The molecule has 1 saturated heterocycles. The summed E-state index contributed by atoms with van der Waals surface area (Å²) in [6.45, 7) is 2.77. The summed E-state index contributed by atoms with van der Waals surface area (Å²) < 4.78 is 11.0. The lowest BCUT2D eigenvalue weighted by Gasteiger charge is -2.26. The molecular weight excluding hydrogens is 458 g/mol. The number of carbonyl (C=O) groups excluding carboxylic acids is 2. The first-order valence-electron chi connectivity index (χ1n) is 11.9. The highest BCUT2D eigenvalue weighted by Crippen LogP contribution is 2.42. The fraction of sp³-hybridized carbons (Fsp3) is 0.241. The van der Waals surface area contributed by atoms with Crippen molar-refractivity contribution in [1.29, 1.82) is 0 Å². The van der Waals surface area contributed by atoms with Crippen LogP contribution < -0.4 is 9.47 Å². The molecule has 2 N–H and O–H groups in total. The van der Waals surface area contributed by atoms with Gasteiger partial charge in [0.2, 0.25) is 0 Å². The number of phenolic OH excluding ortho intramolecular Hbond substituents is 1. The molecule has 0 bridgehead atoms. The number of phenols is 1. The molecule has 7 heteroatoms. The van der Waals surface area contributed by atoms with Crippen LogP contribution in [-0.2, 0) is 16.1 Å². The number of Topliss-reactive ketones (excluding diaryl/α,β-unsaturated/α-hetero) is 1. The Morgan fingerprint density at radius 3 is 2.50 bits per heavy atom. The molecule has 4 rings (SSSR count). The van der Waals surface area contributed by atoms with Crippen LogP contribution in [0.25, 0.3) is 5.76 Å². The number of ether oxygens (including phenoxy) is 2. The molecule has 0 saturated carbocycles. The summed E-state index contributed by atoms with van der Waals surface area (Å²) in [6, 6.07) is 19.9. The number of aromatic hydroxyl groups is 1. The number of amides is 1. The van der Waals surface area contributed by atoms with Crippen LogP contribution >= 0.6 is 0 Å². The van der Waals surface area contributed by atoms with Crippen molar-refractivity contribution in [1.82, 2.24) is 4.90 Å². The molecule has 1 aliphatic rings. The SMILES string of the molecule is CCCCOc1cccc(/C(O)=C2\C(=O)C(=O)N(Cc3ccccc3)C2c2ccc(O)c(OC)c2)c1. The van der Waals surface area contributed by atoms with Gasteiger partial charge in [-0.15, -0.1) is 0 Å². The van der Waals surface area contributed by atoms with Crippen molar-refractivity contribution in [3.63, 3.8) is 0 Å². The van der Waals surface area contributed by atoms with Crippen LogP contribution in [0, 0.1) is 0 Å². The van der Waals surface area contributed by atoms with E-state index in [9.17, 15) is 19.8 Å². The van der Waals surface area contributed by atoms with Gasteiger partial charge in [-0.2, -0.15) is 0 Å². The summed E-state index contributed by atoms with van der Waals surface area (Å²) in [5.74, 6) is -1.09. The monoisotopic (exact) mass is 487 g/mol. The van der Waals surface area contributed by atoms with E-state index in [1.807, 2.05) is 30.3 Å². The first kappa shape index (κ1) is 24.9. The summed E-state index contributed by atoms with van der Waals surface area (Å²) >= 11 is 0. The molecule has 3 aromatic carbocycles. The number of rotatable bonds is 9. The smallest absolute Gasteiger partial charge is 0.295 e. The fourth-order valence-electron chi connectivity index (χ4n) is 4.26. The summed E-state index contributed by atoms with van der Waals surface area (Å²) in [6.07, 6.45) is 1.88. The molecular formula is C29H29NO6. The summed E-state index contributed by atoms with van der Waals surface area (Å²) in [5, 5.41) is 21.5. The van der Waals surface area contributed by atoms with Crippen LogP contribution in [0.4, 0.5) is 0 Å². The number of hydrogen-bond acceptors (Lipinski definition) is 6. The van der Waals surface area contributed by atoms with Crippen molar-refractivity contribution < 1.29 is 29.3 Å². The zero-order chi connectivity index (χ0) is 25.7. The summed E-state index contributed by atoms with van der Waals surface area (Å²) in [4.78, 5) is 28.0. The third kappa shape index (κ3) is 5.05. The van der Waals surface area contributed by atoms with Crippen LogP contribution in [0.5, 0.6) is 17.2 Å². The molecule has 1 unspecified atom stereocenters. The van der Waals surface area contributed by atoms with Crippen molar-refractivity contribution in [2.24, 2.45) is 0 Å². The minimum absolute atomic E-state index is 0.0330. The fourth-order valence-corrected chi connectivity index (χ4v) is 4.26. The van der Waals surface area contributed by atoms with E-state index in [0.29, 0.717) is 23.5 Å². The number of aliphatic hydroxyl groups is 1. The second-order valence-electron chi connectivity index (χ2n) is 8.57. The van der Waals surface area contributed by atoms with Gasteiger partial charge < -0.3 is 24.6 Å². The Kier molecular flexibility index (Phi) is 7.59. The number of unbranched alkanes of at least 4 members (excludes halogenated alkanes) is 1. The molecule has 1 amide bonds. The molecule has 1 fully saturated rings. The maximum atomic E-state index is 13.3. The van der Waals surface area contributed by atoms with Crippen LogP contribution in [-0.4, -0.2) is 40.5 Å². The average molecular weight is 488 g/mol. The van der Waals surface area contributed by atoms with E-state index >= 15 is 0 Å². The normalized spacial score (nSPS) is 16.8. The number of aliphatic hydroxyl groups excluding tert-OH is 1. The Balaban J connectivity index is 1.82. The highest BCUT2D eigenvalue weighted by Gasteiger charge is 2.46. The molecule has 0 aliphatic carbocycles. The zero-order valence-corrected chi connectivity index (χ0v) is 20.3. The number of nitrogens with zero attached hydrogens (tertiary/aromatic N) is 1. The van der Waals surface area contributed by atoms with Crippen LogP contribution in [0.1, 0.15) is 42.5 Å². The van der Waals surface area contributed by atoms with Gasteiger partial charge in [-0.1, -0.05) is 61.9 Å². The second kappa shape index (κ2) is 11.0. The van der Waals surface area contributed by atoms with Crippen LogP contribution in [0.3, 0.4) is 0 Å². The van der Waals surface area contributed by atoms with E-state index < -0.39 is 17.7 Å². The maximum Gasteiger partial charge on any atom is 0.295 e. The van der Waals surface area contributed by atoms with Gasteiger partial charge in [0, 0.05) is 12.1 Å². The highest BCUT2D eigenvalue weighted by molar-refractivity contribution is 6.46. The lowest BCUT2D eigenvalue weighted by Crippen LogP contribution is -2.29. The van der Waals surface area contributed by atoms with Gasteiger partial charge in [0.25, 0.3) is 11.7 Å². The van der Waals surface area contributed by atoms with E-state index in [2.05, 4.69) is 6.92 Å². The average Bonchev–Trinajstić information content (AvgIpc) is 3.14. The summed E-state index contributed by atoms with van der Waals surface area (Å²) in [5.41, 5.74) is 1.70. The minimum Gasteiger partial charge on any atom is -0.507 e. The van der Waals surface area contributed by atoms with Crippen molar-refractivity contribution >= 4 is 17.4 Å². The first-order valence-corrected chi connectivity index (χ1v) is 11.9. The number of methoxy groups -OCH3 is 1. The molecule has 0 radical (unpaired) electrons. The van der Waals surface area contributed by atoms with Crippen molar-refractivity contribution in [3.05, 3.63) is 95.1 Å². The molecule has 186 valence electrons. The lowest BCUT2D eigenvalue weighted by atomic mass is 9.94. The molecule has 0 spiro atoms. The number of carbonyl (C=O) groups is 2. The van der Waals surface area contributed by atoms with Gasteiger partial charge in [-0.05, 0) is 41.8 Å². The predicted molar refractivity (Wildman–Crippen MR) is 136 cm³/mol. The molecule has 36 heavy (non-hydrogen) atoms. The Morgan fingerprint density at radius 2 is 1.78 bits per heavy atom. The molecule has 0 aromatic heterocycles. The van der Waals surface area contributed by atoms with Gasteiger partial charge in [0.15, 0.2) is 11.5 Å². The number of ketones is 1. The predicted octanol–water partition coefficient (Wildman–Crippen LogP) is 5.20. The Bertz CT molecular complexity index is 1280. The Hall–Kier alpha value is -4.26. The largest absolute Gasteiger partial charge is 0.507 e. The van der Waals surface area contributed by atoms with Gasteiger partial charge >= 0.3 is 0 Å².